The molecule has 0 atom stereocenters. The van der Waals surface area contributed by atoms with Crippen molar-refractivity contribution in [1.29, 1.82) is 0 Å². The molecule has 1 heterocycles. The zero-order chi connectivity index (χ0) is 18.6. The Balaban J connectivity index is 2.71. The lowest BCUT2D eigenvalue weighted by atomic mass is 9.99. The second-order valence-corrected chi connectivity index (χ2v) is 6.02. The number of nitrogens with zero attached hydrogens (tertiary/aromatic N) is 1. The molecule has 132 valence electrons. The van der Waals surface area contributed by atoms with Crippen molar-refractivity contribution in [2.45, 2.75) is 26.7 Å². The van der Waals surface area contributed by atoms with Gasteiger partial charge in [-0.25, -0.2) is 9.59 Å². The maximum atomic E-state index is 12.5. The summed E-state index contributed by atoms with van der Waals surface area (Å²) < 4.78 is 9.76. The number of hydrogen-bond donors (Lipinski definition) is 0. The summed E-state index contributed by atoms with van der Waals surface area (Å²) >= 11 is 0. The molecule has 0 N–H and O–H groups in total. The van der Waals surface area contributed by atoms with Crippen LogP contribution in [-0.4, -0.2) is 26.2 Å². The number of anilines is 1. The highest BCUT2D eigenvalue weighted by molar-refractivity contribution is 6.05. The Morgan fingerprint density at radius 3 is 2.32 bits per heavy atom. The number of ether oxygens (including phenoxy) is 2. The zero-order valence-corrected chi connectivity index (χ0v) is 15.2. The highest BCUT2D eigenvalue weighted by Crippen LogP contribution is 2.31. The van der Waals surface area contributed by atoms with Gasteiger partial charge < -0.3 is 14.4 Å². The Hall–Kier alpha value is -2.82. The molecule has 0 saturated heterocycles. The summed E-state index contributed by atoms with van der Waals surface area (Å²) in [5, 5.41) is 0. The monoisotopic (exact) mass is 341 g/mol. The van der Waals surface area contributed by atoms with E-state index in [1.54, 1.807) is 29.3 Å². The van der Waals surface area contributed by atoms with E-state index in [1.807, 2.05) is 19.1 Å². The van der Waals surface area contributed by atoms with Gasteiger partial charge in [0.2, 0.25) is 0 Å². The van der Waals surface area contributed by atoms with E-state index in [-0.39, 0.29) is 11.3 Å². The molecule has 0 bridgehead atoms. The fraction of sp³-hybridized carbons (Fsp3) is 0.300. The van der Waals surface area contributed by atoms with Gasteiger partial charge >= 0.3 is 11.9 Å². The summed E-state index contributed by atoms with van der Waals surface area (Å²) in [5.74, 6) is -0.868. The molecule has 0 unspecified atom stereocenters. The third kappa shape index (κ3) is 3.82. The lowest BCUT2D eigenvalue weighted by molar-refractivity contribution is -0.139. The van der Waals surface area contributed by atoms with Gasteiger partial charge in [0.15, 0.2) is 0 Å². The van der Waals surface area contributed by atoms with Crippen LogP contribution in [0.5, 0.6) is 0 Å². The van der Waals surface area contributed by atoms with Crippen molar-refractivity contribution < 1.29 is 19.1 Å². The van der Waals surface area contributed by atoms with Crippen molar-refractivity contribution in [1.82, 2.24) is 0 Å². The molecule has 25 heavy (non-hydrogen) atoms. The van der Waals surface area contributed by atoms with Gasteiger partial charge in [0.25, 0.3) is 0 Å². The van der Waals surface area contributed by atoms with Crippen molar-refractivity contribution >= 4 is 17.6 Å². The Labute approximate surface area is 148 Å². The Morgan fingerprint density at radius 1 is 1.04 bits per heavy atom. The van der Waals surface area contributed by atoms with Crippen molar-refractivity contribution in [3.8, 4) is 0 Å². The molecule has 0 amide bonds. The molecular formula is C20H23NO4. The van der Waals surface area contributed by atoms with Crippen LogP contribution in [0.25, 0.3) is 0 Å². The van der Waals surface area contributed by atoms with Gasteiger partial charge in [0, 0.05) is 11.9 Å². The number of methoxy groups -OCH3 is 2. The van der Waals surface area contributed by atoms with Gasteiger partial charge in [-0.1, -0.05) is 32.1 Å². The van der Waals surface area contributed by atoms with Crippen LogP contribution in [0, 0.1) is 6.92 Å². The van der Waals surface area contributed by atoms with Crippen LogP contribution in [0.2, 0.25) is 0 Å². The smallest absolute Gasteiger partial charge is 0.355 e. The van der Waals surface area contributed by atoms with Crippen LogP contribution in [0.3, 0.4) is 0 Å². The number of carbonyl (C=O) groups excluding carboxylic acids is 2. The molecule has 0 aliphatic carbocycles. The molecule has 5 nitrogen and oxygen atoms in total. The van der Waals surface area contributed by atoms with E-state index in [0.717, 1.165) is 16.8 Å². The number of benzene rings is 1. The highest BCUT2D eigenvalue weighted by Gasteiger charge is 2.28. The summed E-state index contributed by atoms with van der Waals surface area (Å²) in [4.78, 5) is 26.3. The predicted octanol–water partition coefficient (Wildman–Crippen LogP) is 3.61. The molecule has 1 aliphatic rings. The van der Waals surface area contributed by atoms with Crippen molar-refractivity contribution in [2.75, 3.05) is 19.1 Å². The van der Waals surface area contributed by atoms with E-state index in [4.69, 9.17) is 9.47 Å². The number of allylic oxidation sites excluding steroid dienone is 2. The van der Waals surface area contributed by atoms with Crippen LogP contribution >= 0.6 is 0 Å². The third-order valence-corrected chi connectivity index (χ3v) is 4.05. The van der Waals surface area contributed by atoms with E-state index in [9.17, 15) is 9.59 Å². The van der Waals surface area contributed by atoms with Crippen LogP contribution in [-0.2, 0) is 19.1 Å². The minimum atomic E-state index is -0.606. The quantitative estimate of drug-likeness (QED) is 0.783. The lowest BCUT2D eigenvalue weighted by Gasteiger charge is -2.25. The summed E-state index contributed by atoms with van der Waals surface area (Å²) in [5.41, 5.74) is 3.20. The van der Waals surface area contributed by atoms with Crippen LogP contribution in [0.4, 0.5) is 5.69 Å². The Bertz CT molecular complexity index is 772. The standard InChI is InChI=1S/C20H23NO4/c1-13(2)15-10-9-14(3)17(12-15)21-11-7-6-8-16(19(22)24-4)18(21)20(23)25-5/h6-13H,1-5H3. The second kappa shape index (κ2) is 7.83. The molecule has 0 aromatic heterocycles. The summed E-state index contributed by atoms with van der Waals surface area (Å²) in [6.07, 6.45) is 6.75. The number of aryl methyl sites for hydroxylation is 1. The average Bonchev–Trinajstić information content (AvgIpc) is 2.83. The Kier molecular flexibility index (Phi) is 5.80. The van der Waals surface area contributed by atoms with E-state index >= 15 is 0 Å². The van der Waals surface area contributed by atoms with E-state index in [2.05, 4.69) is 19.9 Å². The summed E-state index contributed by atoms with van der Waals surface area (Å²) in [6.45, 7) is 6.16. The highest BCUT2D eigenvalue weighted by atomic mass is 16.5. The molecule has 1 aliphatic heterocycles. The molecule has 0 spiro atoms. The van der Waals surface area contributed by atoms with E-state index in [0.29, 0.717) is 5.92 Å². The molecular weight excluding hydrogens is 318 g/mol. The molecule has 1 aromatic rings. The van der Waals surface area contributed by atoms with Crippen LogP contribution in [0.1, 0.15) is 30.9 Å². The predicted molar refractivity (Wildman–Crippen MR) is 97.1 cm³/mol. The van der Waals surface area contributed by atoms with Gasteiger partial charge in [0.05, 0.1) is 19.8 Å². The van der Waals surface area contributed by atoms with Gasteiger partial charge in [-0.15, -0.1) is 0 Å². The Morgan fingerprint density at radius 2 is 1.72 bits per heavy atom. The molecule has 5 heteroatoms. The fourth-order valence-corrected chi connectivity index (χ4v) is 2.60. The summed E-state index contributed by atoms with van der Waals surface area (Å²) in [7, 11) is 2.57. The molecule has 0 fully saturated rings. The first-order valence-electron chi connectivity index (χ1n) is 8.06. The number of hydrogen-bond acceptors (Lipinski definition) is 5. The summed E-state index contributed by atoms with van der Waals surface area (Å²) in [6, 6.07) is 6.09. The maximum absolute atomic E-state index is 12.5. The van der Waals surface area contributed by atoms with Crippen LogP contribution < -0.4 is 4.90 Å². The first kappa shape index (κ1) is 18.5. The van der Waals surface area contributed by atoms with E-state index in [1.165, 1.54) is 14.2 Å². The first-order valence-corrected chi connectivity index (χ1v) is 8.06. The molecule has 1 aromatic carbocycles. The largest absolute Gasteiger partial charge is 0.465 e. The molecule has 0 saturated carbocycles. The van der Waals surface area contributed by atoms with Crippen molar-refractivity contribution in [3.63, 3.8) is 0 Å². The van der Waals surface area contributed by atoms with Crippen molar-refractivity contribution in [3.05, 3.63) is 65.0 Å². The van der Waals surface area contributed by atoms with Crippen molar-refractivity contribution in [2.24, 2.45) is 0 Å². The van der Waals surface area contributed by atoms with Gasteiger partial charge in [-0.05, 0) is 42.2 Å². The van der Waals surface area contributed by atoms with Gasteiger partial charge in [-0.2, -0.15) is 0 Å². The molecule has 0 radical (unpaired) electrons. The SMILES string of the molecule is COC(=O)C1=C(C(=O)OC)N(c2cc(C(C)C)ccc2C)C=CC=C1. The zero-order valence-electron chi connectivity index (χ0n) is 15.2. The fourth-order valence-electron chi connectivity index (χ4n) is 2.60. The normalized spacial score (nSPS) is 13.9. The number of esters is 2. The first-order chi connectivity index (χ1) is 11.9. The minimum absolute atomic E-state index is 0.128. The third-order valence-electron chi connectivity index (χ3n) is 4.05. The number of rotatable bonds is 4. The maximum Gasteiger partial charge on any atom is 0.355 e. The lowest BCUT2D eigenvalue weighted by Crippen LogP contribution is -2.27. The average molecular weight is 341 g/mol. The van der Waals surface area contributed by atoms with E-state index < -0.39 is 11.9 Å². The van der Waals surface area contributed by atoms with Gasteiger partial charge in [-0.3, -0.25) is 0 Å². The van der Waals surface area contributed by atoms with Crippen LogP contribution in [0.15, 0.2) is 53.9 Å². The van der Waals surface area contributed by atoms with Gasteiger partial charge in [0.1, 0.15) is 5.70 Å². The molecule has 2 rings (SSSR count). The topological polar surface area (TPSA) is 55.8 Å². The minimum Gasteiger partial charge on any atom is -0.465 e. The number of carbonyl (C=O) groups is 2. The second-order valence-electron chi connectivity index (χ2n) is 6.02.